The highest BCUT2D eigenvalue weighted by Crippen LogP contribution is 2.27. The summed E-state index contributed by atoms with van der Waals surface area (Å²) in [6, 6.07) is 6.76. The predicted molar refractivity (Wildman–Crippen MR) is 89.7 cm³/mol. The van der Waals surface area contributed by atoms with E-state index in [0.29, 0.717) is 11.8 Å². The summed E-state index contributed by atoms with van der Waals surface area (Å²) in [5.41, 5.74) is 4.03. The minimum absolute atomic E-state index is 0.199. The Labute approximate surface area is 129 Å². The third-order valence-electron chi connectivity index (χ3n) is 4.47. The maximum atomic E-state index is 9.72. The molecule has 2 N–H and O–H groups in total. The van der Waals surface area contributed by atoms with Gasteiger partial charge in [-0.25, -0.2) is 0 Å². The SMILES string of the molecule is Cc1cc(N2CCC(C(C)O)C2)ccc1CNCC(C)C. The smallest absolute Gasteiger partial charge is 0.0557 e. The molecule has 3 heteroatoms. The van der Waals surface area contributed by atoms with E-state index in [0.717, 1.165) is 32.6 Å². The van der Waals surface area contributed by atoms with E-state index in [-0.39, 0.29) is 6.10 Å². The van der Waals surface area contributed by atoms with Crippen LogP contribution < -0.4 is 10.2 Å². The van der Waals surface area contributed by atoms with Crippen molar-refractivity contribution in [2.75, 3.05) is 24.5 Å². The second-order valence-electron chi connectivity index (χ2n) is 6.87. The molecule has 0 radical (unpaired) electrons. The van der Waals surface area contributed by atoms with Crippen molar-refractivity contribution in [2.24, 2.45) is 11.8 Å². The first-order valence-corrected chi connectivity index (χ1v) is 8.20. The zero-order valence-corrected chi connectivity index (χ0v) is 13.9. The summed E-state index contributed by atoms with van der Waals surface area (Å²) in [4.78, 5) is 2.40. The molecule has 0 aromatic heterocycles. The van der Waals surface area contributed by atoms with E-state index in [2.05, 4.69) is 49.2 Å². The molecular formula is C18H30N2O. The highest BCUT2D eigenvalue weighted by Gasteiger charge is 2.26. The average molecular weight is 290 g/mol. The Kier molecular flexibility index (Phi) is 5.65. The molecule has 2 unspecified atom stereocenters. The molecule has 1 aromatic carbocycles. The quantitative estimate of drug-likeness (QED) is 0.845. The molecule has 21 heavy (non-hydrogen) atoms. The summed E-state index contributed by atoms with van der Waals surface area (Å²) in [5, 5.41) is 13.2. The largest absolute Gasteiger partial charge is 0.393 e. The monoisotopic (exact) mass is 290 g/mol. The van der Waals surface area contributed by atoms with E-state index >= 15 is 0 Å². The van der Waals surface area contributed by atoms with Crippen molar-refractivity contribution >= 4 is 5.69 Å². The topological polar surface area (TPSA) is 35.5 Å². The van der Waals surface area contributed by atoms with Gasteiger partial charge in [0.25, 0.3) is 0 Å². The molecule has 1 heterocycles. The Bertz CT molecular complexity index is 457. The fourth-order valence-electron chi connectivity index (χ4n) is 2.99. The zero-order valence-electron chi connectivity index (χ0n) is 13.9. The maximum absolute atomic E-state index is 9.72. The second kappa shape index (κ2) is 7.28. The molecule has 0 amide bonds. The molecule has 1 aliphatic rings. The minimum Gasteiger partial charge on any atom is -0.393 e. The number of hydrogen-bond donors (Lipinski definition) is 2. The molecule has 1 aromatic rings. The van der Waals surface area contributed by atoms with Gasteiger partial charge >= 0.3 is 0 Å². The Morgan fingerprint density at radius 1 is 1.33 bits per heavy atom. The lowest BCUT2D eigenvalue weighted by Gasteiger charge is -2.21. The van der Waals surface area contributed by atoms with Crippen LogP contribution >= 0.6 is 0 Å². The van der Waals surface area contributed by atoms with Crippen molar-refractivity contribution in [3.8, 4) is 0 Å². The molecule has 118 valence electrons. The van der Waals surface area contributed by atoms with Crippen molar-refractivity contribution in [1.29, 1.82) is 0 Å². The van der Waals surface area contributed by atoms with Crippen LogP contribution in [-0.2, 0) is 6.54 Å². The lowest BCUT2D eigenvalue weighted by Crippen LogP contribution is -2.24. The van der Waals surface area contributed by atoms with Gasteiger partial charge in [-0.3, -0.25) is 0 Å². The third kappa shape index (κ3) is 4.45. The number of anilines is 1. The number of aliphatic hydroxyl groups is 1. The van der Waals surface area contributed by atoms with Crippen molar-refractivity contribution in [3.05, 3.63) is 29.3 Å². The van der Waals surface area contributed by atoms with Gasteiger partial charge < -0.3 is 15.3 Å². The van der Waals surface area contributed by atoms with Crippen LogP contribution in [0.25, 0.3) is 0 Å². The second-order valence-corrected chi connectivity index (χ2v) is 6.87. The summed E-state index contributed by atoms with van der Waals surface area (Å²) >= 11 is 0. The van der Waals surface area contributed by atoms with Crippen LogP contribution in [0.1, 0.15) is 38.3 Å². The molecule has 2 rings (SSSR count). The van der Waals surface area contributed by atoms with Crippen LogP contribution in [0.3, 0.4) is 0 Å². The summed E-state index contributed by atoms with van der Waals surface area (Å²) in [5.74, 6) is 1.10. The third-order valence-corrected chi connectivity index (χ3v) is 4.47. The van der Waals surface area contributed by atoms with Gasteiger partial charge in [0.2, 0.25) is 0 Å². The van der Waals surface area contributed by atoms with Crippen LogP contribution in [0.5, 0.6) is 0 Å². The van der Waals surface area contributed by atoms with Crippen molar-refractivity contribution in [2.45, 2.75) is 46.8 Å². The van der Waals surface area contributed by atoms with Gasteiger partial charge in [-0.05, 0) is 56.0 Å². The van der Waals surface area contributed by atoms with Crippen LogP contribution in [0.15, 0.2) is 18.2 Å². The molecule has 0 saturated carbocycles. The molecular weight excluding hydrogens is 260 g/mol. The molecule has 0 spiro atoms. The number of hydrogen-bond acceptors (Lipinski definition) is 3. The number of rotatable bonds is 6. The van der Waals surface area contributed by atoms with Crippen molar-refractivity contribution in [1.82, 2.24) is 5.32 Å². The number of aryl methyl sites for hydroxylation is 1. The van der Waals surface area contributed by atoms with Gasteiger partial charge in [0.15, 0.2) is 0 Å². The lowest BCUT2D eigenvalue weighted by atomic mass is 10.0. The predicted octanol–water partition coefficient (Wildman–Crippen LogP) is 2.95. The highest BCUT2D eigenvalue weighted by atomic mass is 16.3. The van der Waals surface area contributed by atoms with Crippen LogP contribution in [-0.4, -0.2) is 30.8 Å². The van der Waals surface area contributed by atoms with Gasteiger partial charge in [-0.2, -0.15) is 0 Å². The molecule has 3 nitrogen and oxygen atoms in total. The van der Waals surface area contributed by atoms with E-state index < -0.39 is 0 Å². The van der Waals surface area contributed by atoms with E-state index in [1.165, 1.54) is 16.8 Å². The summed E-state index contributed by atoms with van der Waals surface area (Å²) in [7, 11) is 0. The Morgan fingerprint density at radius 2 is 2.10 bits per heavy atom. The standard InChI is InChI=1S/C18H30N2O/c1-13(2)10-19-11-16-5-6-18(9-14(16)3)20-8-7-17(12-20)15(4)21/h5-6,9,13,15,17,19,21H,7-8,10-12H2,1-4H3. The molecule has 0 bridgehead atoms. The van der Waals surface area contributed by atoms with Gasteiger partial charge in [-0.15, -0.1) is 0 Å². The molecule has 1 fully saturated rings. The minimum atomic E-state index is -0.199. The lowest BCUT2D eigenvalue weighted by molar-refractivity contribution is 0.136. The summed E-state index contributed by atoms with van der Waals surface area (Å²) in [6.07, 6.45) is 0.893. The van der Waals surface area contributed by atoms with Crippen LogP contribution in [0.2, 0.25) is 0 Å². The number of benzene rings is 1. The number of aliphatic hydroxyl groups excluding tert-OH is 1. The van der Waals surface area contributed by atoms with E-state index in [1.807, 2.05) is 6.92 Å². The van der Waals surface area contributed by atoms with Crippen molar-refractivity contribution < 1.29 is 5.11 Å². The zero-order chi connectivity index (χ0) is 15.4. The fraction of sp³-hybridized carbons (Fsp3) is 0.667. The maximum Gasteiger partial charge on any atom is 0.0557 e. The van der Waals surface area contributed by atoms with Gasteiger partial charge in [0, 0.05) is 31.2 Å². The normalized spacial score (nSPS) is 20.3. The summed E-state index contributed by atoms with van der Waals surface area (Å²) < 4.78 is 0. The molecule has 1 aliphatic heterocycles. The summed E-state index contributed by atoms with van der Waals surface area (Å²) in [6.45, 7) is 12.6. The molecule has 0 aliphatic carbocycles. The van der Waals surface area contributed by atoms with Crippen LogP contribution in [0, 0.1) is 18.8 Å². The van der Waals surface area contributed by atoms with E-state index in [9.17, 15) is 5.11 Å². The Morgan fingerprint density at radius 3 is 2.67 bits per heavy atom. The van der Waals surface area contributed by atoms with Crippen LogP contribution in [0.4, 0.5) is 5.69 Å². The molecule has 1 saturated heterocycles. The Balaban J connectivity index is 1.96. The molecule has 2 atom stereocenters. The van der Waals surface area contributed by atoms with E-state index in [4.69, 9.17) is 0 Å². The van der Waals surface area contributed by atoms with Crippen molar-refractivity contribution in [3.63, 3.8) is 0 Å². The highest BCUT2D eigenvalue weighted by molar-refractivity contribution is 5.51. The van der Waals surface area contributed by atoms with Gasteiger partial charge in [-0.1, -0.05) is 19.9 Å². The fourth-order valence-corrected chi connectivity index (χ4v) is 2.99. The van der Waals surface area contributed by atoms with E-state index in [1.54, 1.807) is 0 Å². The van der Waals surface area contributed by atoms with Gasteiger partial charge in [0.1, 0.15) is 0 Å². The first-order chi connectivity index (χ1) is 9.97. The number of nitrogens with one attached hydrogen (secondary N) is 1. The number of nitrogens with zero attached hydrogens (tertiary/aromatic N) is 1. The first kappa shape index (κ1) is 16.3. The average Bonchev–Trinajstić information content (AvgIpc) is 2.90. The van der Waals surface area contributed by atoms with Gasteiger partial charge in [0.05, 0.1) is 6.10 Å². The first-order valence-electron chi connectivity index (χ1n) is 8.20. The Hall–Kier alpha value is -1.06.